The number of furan rings is 2. The summed E-state index contributed by atoms with van der Waals surface area (Å²) in [5.41, 5.74) is -1.51. The standard InChI is InChI=1S/C19H28N2O4.C14H15NO3/c1-14(2)16(13-22)20-18(24)19(10-4-3-5-11-19)21-17(23)9-8-15-7-6-12-25-15;16-13-14(8-2-1-3-9-14)15-12(18-13)7-6-11-5-4-10-17-11/h6-9,12,14,16,22H,3-5,10-11,13H2,1-2H3,(H,20,24)(H,21,23);4-7,10H,1-3,8-9H2/b9-8+;7-6+/t16-;/m1./s1. The smallest absolute Gasteiger partial charge is 0.340 e. The molecule has 0 aromatic carbocycles. The van der Waals surface area contributed by atoms with Gasteiger partial charge in [0.15, 0.2) is 5.54 Å². The normalized spacial score (nSPS) is 20.0. The van der Waals surface area contributed by atoms with Gasteiger partial charge in [-0.05, 0) is 68.0 Å². The Bertz CT molecular complexity index is 1280. The molecule has 3 N–H and O–H groups in total. The van der Waals surface area contributed by atoms with Crippen molar-refractivity contribution in [3.8, 4) is 0 Å². The minimum Gasteiger partial charge on any atom is -0.465 e. The molecule has 2 aliphatic carbocycles. The molecule has 0 radical (unpaired) electrons. The third-order valence-corrected chi connectivity index (χ3v) is 8.28. The number of carbonyl (C=O) groups is 3. The number of rotatable bonds is 9. The SMILES string of the molecule is CC(C)[C@@H](CO)NC(=O)C1(NC(=O)/C=C/c2ccco2)CCCCC1.O=C1OC(/C=C/c2ccco2)=NC12CCCCC2. The number of amides is 2. The van der Waals surface area contributed by atoms with Crippen molar-refractivity contribution in [2.45, 2.75) is 95.2 Å². The molecule has 2 aromatic heterocycles. The molecule has 1 spiro atoms. The molecule has 43 heavy (non-hydrogen) atoms. The molecule has 0 unspecified atom stereocenters. The molecule has 0 saturated heterocycles. The quantitative estimate of drug-likeness (QED) is 0.268. The zero-order chi connectivity index (χ0) is 30.7. The highest BCUT2D eigenvalue weighted by Gasteiger charge is 2.46. The van der Waals surface area contributed by atoms with Gasteiger partial charge in [-0.3, -0.25) is 9.59 Å². The number of nitrogens with one attached hydrogen (secondary N) is 2. The largest absolute Gasteiger partial charge is 0.465 e. The van der Waals surface area contributed by atoms with Crippen molar-refractivity contribution in [1.29, 1.82) is 0 Å². The molecule has 3 aliphatic rings. The van der Waals surface area contributed by atoms with E-state index in [0.29, 0.717) is 24.5 Å². The van der Waals surface area contributed by atoms with Gasteiger partial charge in [0, 0.05) is 12.2 Å². The number of aliphatic hydroxyl groups is 1. The number of esters is 1. The Morgan fingerprint density at radius 2 is 1.53 bits per heavy atom. The van der Waals surface area contributed by atoms with Gasteiger partial charge in [0.25, 0.3) is 0 Å². The van der Waals surface area contributed by atoms with Crippen molar-refractivity contribution >= 4 is 35.8 Å². The zero-order valence-corrected chi connectivity index (χ0v) is 25.1. The predicted octanol–water partition coefficient (Wildman–Crippen LogP) is 5.20. The first-order chi connectivity index (χ1) is 20.7. The van der Waals surface area contributed by atoms with E-state index in [1.807, 2.05) is 26.0 Å². The number of cyclic esters (lactones) is 1. The van der Waals surface area contributed by atoms with E-state index in [9.17, 15) is 19.5 Å². The van der Waals surface area contributed by atoms with Gasteiger partial charge in [0.1, 0.15) is 17.1 Å². The molecule has 1 atom stereocenters. The first kappa shape index (κ1) is 32.0. The van der Waals surface area contributed by atoms with E-state index in [-0.39, 0.29) is 36.4 Å². The fraction of sp³-hybridized carbons (Fsp3) is 0.515. The van der Waals surface area contributed by atoms with Crippen LogP contribution in [0.25, 0.3) is 12.2 Å². The lowest BCUT2D eigenvalue weighted by atomic mass is 9.80. The second-order valence-electron chi connectivity index (χ2n) is 11.8. The van der Waals surface area contributed by atoms with Gasteiger partial charge in [-0.1, -0.05) is 52.4 Å². The number of nitrogens with zero attached hydrogens (tertiary/aromatic N) is 1. The van der Waals surface area contributed by atoms with Crippen LogP contribution >= 0.6 is 0 Å². The van der Waals surface area contributed by atoms with E-state index in [1.54, 1.807) is 36.6 Å². The van der Waals surface area contributed by atoms with Crippen molar-refractivity contribution in [2.75, 3.05) is 6.61 Å². The fourth-order valence-corrected chi connectivity index (χ4v) is 5.65. The molecule has 5 rings (SSSR count). The van der Waals surface area contributed by atoms with E-state index >= 15 is 0 Å². The Morgan fingerprint density at radius 3 is 2.09 bits per heavy atom. The minimum absolute atomic E-state index is 0.115. The first-order valence-corrected chi connectivity index (χ1v) is 15.2. The van der Waals surface area contributed by atoms with E-state index in [1.165, 1.54) is 18.8 Å². The second kappa shape index (κ2) is 15.0. The average Bonchev–Trinajstić information content (AvgIpc) is 3.78. The van der Waals surface area contributed by atoms with Crippen LogP contribution in [-0.4, -0.2) is 52.5 Å². The lowest BCUT2D eigenvalue weighted by Gasteiger charge is -2.37. The Balaban J connectivity index is 0.000000206. The van der Waals surface area contributed by atoms with Crippen molar-refractivity contribution in [3.05, 3.63) is 60.5 Å². The van der Waals surface area contributed by atoms with Crippen LogP contribution < -0.4 is 10.6 Å². The summed E-state index contributed by atoms with van der Waals surface area (Å²) in [4.78, 5) is 41.6. The molecule has 1 aliphatic heterocycles. The molecule has 0 bridgehead atoms. The lowest BCUT2D eigenvalue weighted by molar-refractivity contribution is -0.140. The number of aliphatic hydroxyl groups excluding tert-OH is 1. The van der Waals surface area contributed by atoms with Crippen LogP contribution in [0.15, 0.2) is 62.8 Å². The maximum atomic E-state index is 12.9. The topological polar surface area (TPSA) is 143 Å². The predicted molar refractivity (Wildman–Crippen MR) is 163 cm³/mol. The maximum Gasteiger partial charge on any atom is 0.340 e. The third kappa shape index (κ3) is 8.56. The van der Waals surface area contributed by atoms with E-state index in [0.717, 1.165) is 50.7 Å². The van der Waals surface area contributed by atoms with Gasteiger partial charge < -0.3 is 29.3 Å². The minimum atomic E-state index is -0.912. The van der Waals surface area contributed by atoms with Crippen LogP contribution in [0.5, 0.6) is 0 Å². The third-order valence-electron chi connectivity index (χ3n) is 8.28. The molecule has 10 heteroatoms. The highest BCUT2D eigenvalue weighted by Crippen LogP contribution is 2.36. The molecular weight excluding hydrogens is 550 g/mol. The van der Waals surface area contributed by atoms with Gasteiger partial charge in [-0.25, -0.2) is 9.79 Å². The van der Waals surface area contributed by atoms with E-state index in [4.69, 9.17) is 13.6 Å². The Hall–Kier alpha value is -3.92. The molecule has 2 fully saturated rings. The summed E-state index contributed by atoms with van der Waals surface area (Å²) in [5.74, 6) is 1.10. The molecule has 2 amide bonds. The Labute approximate surface area is 252 Å². The molecule has 3 heterocycles. The fourth-order valence-electron chi connectivity index (χ4n) is 5.65. The van der Waals surface area contributed by atoms with Gasteiger partial charge >= 0.3 is 5.97 Å². The maximum absolute atomic E-state index is 12.9. The van der Waals surface area contributed by atoms with Crippen molar-refractivity contribution in [1.82, 2.24) is 10.6 Å². The summed E-state index contributed by atoms with van der Waals surface area (Å²) < 4.78 is 15.6. The summed E-state index contributed by atoms with van der Waals surface area (Å²) in [6, 6.07) is 6.83. The van der Waals surface area contributed by atoms with Crippen molar-refractivity contribution in [3.63, 3.8) is 0 Å². The number of carbonyl (C=O) groups excluding carboxylic acids is 3. The number of aliphatic imine (C=N–C) groups is 1. The van der Waals surface area contributed by atoms with E-state index in [2.05, 4.69) is 15.6 Å². The first-order valence-electron chi connectivity index (χ1n) is 15.2. The van der Waals surface area contributed by atoms with Crippen LogP contribution in [0.1, 0.15) is 89.6 Å². The highest BCUT2D eigenvalue weighted by atomic mass is 16.6. The van der Waals surface area contributed by atoms with Crippen LogP contribution in [0, 0.1) is 5.92 Å². The molecule has 2 aromatic rings. The summed E-state index contributed by atoms with van der Waals surface area (Å²) in [7, 11) is 0. The van der Waals surface area contributed by atoms with Gasteiger partial charge in [-0.2, -0.15) is 0 Å². The second-order valence-corrected chi connectivity index (χ2v) is 11.8. The van der Waals surface area contributed by atoms with Crippen LogP contribution in [-0.2, 0) is 19.1 Å². The van der Waals surface area contributed by atoms with Crippen LogP contribution in [0.2, 0.25) is 0 Å². The Morgan fingerprint density at radius 1 is 0.930 bits per heavy atom. The molecule has 10 nitrogen and oxygen atoms in total. The van der Waals surface area contributed by atoms with Gasteiger partial charge in [0.2, 0.25) is 17.7 Å². The highest BCUT2D eigenvalue weighted by molar-refractivity contribution is 6.06. The molecule has 232 valence electrons. The van der Waals surface area contributed by atoms with Crippen LogP contribution in [0.4, 0.5) is 0 Å². The summed E-state index contributed by atoms with van der Waals surface area (Å²) in [5, 5.41) is 15.3. The monoisotopic (exact) mass is 593 g/mol. The van der Waals surface area contributed by atoms with E-state index < -0.39 is 11.1 Å². The number of hydrogen-bond acceptors (Lipinski definition) is 8. The van der Waals surface area contributed by atoms with Crippen molar-refractivity contribution < 1.29 is 33.1 Å². The summed E-state index contributed by atoms with van der Waals surface area (Å²) in [6.45, 7) is 3.77. The molecular formula is C33H43N3O7. The number of ether oxygens (including phenoxy) is 1. The van der Waals surface area contributed by atoms with Gasteiger partial charge in [0.05, 0.1) is 25.2 Å². The summed E-state index contributed by atoms with van der Waals surface area (Å²) in [6.07, 6.45) is 18.5. The Kier molecular flexibility index (Phi) is 11.2. The van der Waals surface area contributed by atoms with Gasteiger partial charge in [-0.15, -0.1) is 0 Å². The van der Waals surface area contributed by atoms with Crippen molar-refractivity contribution in [2.24, 2.45) is 10.9 Å². The van der Waals surface area contributed by atoms with Crippen LogP contribution in [0.3, 0.4) is 0 Å². The summed E-state index contributed by atoms with van der Waals surface area (Å²) >= 11 is 0. The lowest BCUT2D eigenvalue weighted by Crippen LogP contribution is -2.61. The molecule has 2 saturated carbocycles. The number of hydrogen-bond donors (Lipinski definition) is 3. The average molecular weight is 594 g/mol. The zero-order valence-electron chi connectivity index (χ0n) is 25.1.